The third kappa shape index (κ3) is 3.61. The summed E-state index contributed by atoms with van der Waals surface area (Å²) in [7, 11) is 0. The molecule has 0 unspecified atom stereocenters. The first-order valence-corrected chi connectivity index (χ1v) is 9.23. The number of piperazine rings is 1. The molecule has 2 fully saturated rings. The lowest BCUT2D eigenvalue weighted by Gasteiger charge is -2.34. The summed E-state index contributed by atoms with van der Waals surface area (Å²) >= 11 is 0. The molecule has 0 N–H and O–H groups in total. The Labute approximate surface area is 149 Å². The molecule has 1 amide bonds. The van der Waals surface area contributed by atoms with Crippen LogP contribution in [0.2, 0.25) is 0 Å². The molecule has 0 bridgehead atoms. The molecule has 1 aliphatic heterocycles. The van der Waals surface area contributed by atoms with E-state index in [0.717, 1.165) is 54.7 Å². The second-order valence-electron chi connectivity index (χ2n) is 7.34. The summed E-state index contributed by atoms with van der Waals surface area (Å²) in [5.41, 5.74) is 4.08. The van der Waals surface area contributed by atoms with E-state index >= 15 is 0 Å². The van der Waals surface area contributed by atoms with E-state index < -0.39 is 0 Å². The third-order valence-electron chi connectivity index (χ3n) is 5.27. The maximum absolute atomic E-state index is 12.9. The van der Waals surface area contributed by atoms with Crippen molar-refractivity contribution in [2.75, 3.05) is 26.2 Å². The molecule has 1 aromatic heterocycles. The average molecular weight is 338 g/mol. The van der Waals surface area contributed by atoms with Crippen molar-refractivity contribution in [2.45, 2.75) is 39.3 Å². The molecule has 1 aliphatic carbocycles. The summed E-state index contributed by atoms with van der Waals surface area (Å²) in [6.45, 7) is 8.49. The minimum absolute atomic E-state index is 0.158. The second-order valence-corrected chi connectivity index (χ2v) is 7.34. The smallest absolute Gasteiger partial charge is 0.253 e. The lowest BCUT2D eigenvalue weighted by molar-refractivity contribution is 0.0627. The van der Waals surface area contributed by atoms with E-state index in [1.807, 2.05) is 34.7 Å². The van der Waals surface area contributed by atoms with Gasteiger partial charge in [-0.25, -0.2) is 0 Å². The number of benzene rings is 1. The van der Waals surface area contributed by atoms with Crippen LogP contribution in [0.15, 0.2) is 30.3 Å². The zero-order valence-corrected chi connectivity index (χ0v) is 15.1. The highest BCUT2D eigenvalue weighted by molar-refractivity contribution is 5.94. The Hall–Kier alpha value is -2.14. The zero-order chi connectivity index (χ0) is 17.4. The van der Waals surface area contributed by atoms with Crippen molar-refractivity contribution in [2.24, 2.45) is 0 Å². The number of nitrogens with zero attached hydrogens (tertiary/aromatic N) is 4. The number of aryl methyl sites for hydroxylation is 2. The predicted molar refractivity (Wildman–Crippen MR) is 97.7 cm³/mol. The number of hydrogen-bond donors (Lipinski definition) is 0. The minimum Gasteiger partial charge on any atom is -0.336 e. The number of hydrogen-bond acceptors (Lipinski definition) is 3. The first-order valence-electron chi connectivity index (χ1n) is 9.23. The molecule has 5 heteroatoms. The number of aromatic nitrogens is 2. The van der Waals surface area contributed by atoms with E-state index in [0.29, 0.717) is 6.54 Å². The van der Waals surface area contributed by atoms with Crippen LogP contribution in [0.5, 0.6) is 0 Å². The molecule has 1 saturated heterocycles. The first kappa shape index (κ1) is 16.3. The highest BCUT2D eigenvalue weighted by atomic mass is 16.2. The molecule has 0 radical (unpaired) electrons. The number of amides is 1. The average Bonchev–Trinajstić information content (AvgIpc) is 3.41. The number of carbonyl (C=O) groups is 1. The van der Waals surface area contributed by atoms with E-state index in [2.05, 4.69) is 29.1 Å². The lowest BCUT2D eigenvalue weighted by atomic mass is 10.1. The molecular formula is C20H26N4O. The van der Waals surface area contributed by atoms with Crippen molar-refractivity contribution in [3.05, 3.63) is 52.8 Å². The van der Waals surface area contributed by atoms with Gasteiger partial charge in [0.25, 0.3) is 5.91 Å². The van der Waals surface area contributed by atoms with Crippen molar-refractivity contribution < 1.29 is 4.79 Å². The quantitative estimate of drug-likeness (QED) is 0.860. The van der Waals surface area contributed by atoms with E-state index in [9.17, 15) is 4.79 Å². The number of carbonyl (C=O) groups excluding carboxylic acids is 1. The Balaban J connectivity index is 1.43. The Morgan fingerprint density at radius 1 is 1.12 bits per heavy atom. The summed E-state index contributed by atoms with van der Waals surface area (Å²) in [6.07, 6.45) is 2.67. The molecule has 1 saturated carbocycles. The van der Waals surface area contributed by atoms with Crippen molar-refractivity contribution in [1.29, 1.82) is 0 Å². The third-order valence-corrected chi connectivity index (χ3v) is 5.27. The van der Waals surface area contributed by atoms with Gasteiger partial charge in [-0.05, 0) is 50.5 Å². The second kappa shape index (κ2) is 6.64. The van der Waals surface area contributed by atoms with Gasteiger partial charge in [-0.2, -0.15) is 5.10 Å². The first-order chi connectivity index (χ1) is 12.1. The van der Waals surface area contributed by atoms with Gasteiger partial charge in [-0.3, -0.25) is 14.4 Å². The van der Waals surface area contributed by atoms with Gasteiger partial charge in [0.2, 0.25) is 0 Å². The van der Waals surface area contributed by atoms with Gasteiger partial charge in [0.05, 0.1) is 12.2 Å². The standard InChI is InChI=1S/C20H26N4O/c1-15-12-16(2)24(21-15)14-17-4-3-5-18(13-17)20(25)23-10-8-22(9-11-23)19-6-7-19/h3-5,12-13,19H,6-11,14H2,1-2H3. The van der Waals surface area contributed by atoms with E-state index in [-0.39, 0.29) is 5.91 Å². The van der Waals surface area contributed by atoms with Crippen LogP contribution >= 0.6 is 0 Å². The fourth-order valence-electron chi connectivity index (χ4n) is 3.72. The van der Waals surface area contributed by atoms with Gasteiger partial charge < -0.3 is 4.90 Å². The monoisotopic (exact) mass is 338 g/mol. The molecule has 25 heavy (non-hydrogen) atoms. The summed E-state index contributed by atoms with van der Waals surface area (Å²) < 4.78 is 1.99. The predicted octanol–water partition coefficient (Wildman–Crippen LogP) is 2.47. The Bertz CT molecular complexity index is 770. The van der Waals surface area contributed by atoms with Crippen LogP contribution < -0.4 is 0 Å². The maximum atomic E-state index is 12.9. The Kier molecular flexibility index (Phi) is 4.34. The van der Waals surface area contributed by atoms with Crippen LogP contribution in [-0.2, 0) is 6.54 Å². The van der Waals surface area contributed by atoms with E-state index in [4.69, 9.17) is 0 Å². The minimum atomic E-state index is 0.158. The molecule has 2 aromatic rings. The fourth-order valence-corrected chi connectivity index (χ4v) is 3.72. The maximum Gasteiger partial charge on any atom is 0.253 e. The van der Waals surface area contributed by atoms with Gasteiger partial charge in [0.15, 0.2) is 0 Å². The zero-order valence-electron chi connectivity index (χ0n) is 15.1. The van der Waals surface area contributed by atoms with E-state index in [1.54, 1.807) is 0 Å². The molecule has 2 heterocycles. The van der Waals surface area contributed by atoms with Crippen molar-refractivity contribution in [1.82, 2.24) is 19.6 Å². The van der Waals surface area contributed by atoms with Gasteiger partial charge in [-0.1, -0.05) is 12.1 Å². The highest BCUT2D eigenvalue weighted by Crippen LogP contribution is 2.27. The Morgan fingerprint density at radius 2 is 1.88 bits per heavy atom. The fraction of sp³-hybridized carbons (Fsp3) is 0.500. The van der Waals surface area contributed by atoms with Crippen molar-refractivity contribution in [3.63, 3.8) is 0 Å². The molecule has 132 valence electrons. The molecule has 1 aromatic carbocycles. The normalized spacial score (nSPS) is 18.6. The van der Waals surface area contributed by atoms with Crippen molar-refractivity contribution >= 4 is 5.91 Å². The molecule has 0 atom stereocenters. The van der Waals surface area contributed by atoms with Crippen LogP contribution in [-0.4, -0.2) is 57.7 Å². The molecule has 5 nitrogen and oxygen atoms in total. The molecular weight excluding hydrogens is 312 g/mol. The van der Waals surface area contributed by atoms with Gasteiger partial charge >= 0.3 is 0 Å². The summed E-state index contributed by atoms with van der Waals surface area (Å²) in [5, 5.41) is 4.52. The largest absolute Gasteiger partial charge is 0.336 e. The van der Waals surface area contributed by atoms with Crippen LogP contribution in [0, 0.1) is 13.8 Å². The van der Waals surface area contributed by atoms with Crippen LogP contribution in [0.25, 0.3) is 0 Å². The van der Waals surface area contributed by atoms with E-state index in [1.165, 1.54) is 12.8 Å². The summed E-state index contributed by atoms with van der Waals surface area (Å²) in [4.78, 5) is 17.4. The molecule has 2 aliphatic rings. The molecule has 4 rings (SSSR count). The summed E-state index contributed by atoms with van der Waals surface area (Å²) in [5.74, 6) is 0.158. The highest BCUT2D eigenvalue weighted by Gasteiger charge is 2.32. The molecule has 0 spiro atoms. The SMILES string of the molecule is Cc1cc(C)n(Cc2cccc(C(=O)N3CCN(C4CC4)CC3)c2)n1. The Morgan fingerprint density at radius 3 is 2.52 bits per heavy atom. The van der Waals surface area contributed by atoms with Gasteiger partial charge in [0, 0.05) is 43.5 Å². The lowest BCUT2D eigenvalue weighted by Crippen LogP contribution is -2.49. The summed E-state index contributed by atoms with van der Waals surface area (Å²) in [6, 6.07) is 10.9. The van der Waals surface area contributed by atoms with Gasteiger partial charge in [-0.15, -0.1) is 0 Å². The van der Waals surface area contributed by atoms with Crippen LogP contribution in [0.3, 0.4) is 0 Å². The topological polar surface area (TPSA) is 41.4 Å². The van der Waals surface area contributed by atoms with Crippen LogP contribution in [0.4, 0.5) is 0 Å². The van der Waals surface area contributed by atoms with Gasteiger partial charge in [0.1, 0.15) is 0 Å². The number of rotatable bonds is 4. The van der Waals surface area contributed by atoms with Crippen LogP contribution in [0.1, 0.15) is 40.2 Å². The van der Waals surface area contributed by atoms with Crippen molar-refractivity contribution in [3.8, 4) is 0 Å².